The summed E-state index contributed by atoms with van der Waals surface area (Å²) in [6.07, 6.45) is 3.95. The van der Waals surface area contributed by atoms with Crippen molar-refractivity contribution in [1.29, 1.82) is 0 Å². The number of hydrogen-bond acceptors (Lipinski definition) is 3. The Morgan fingerprint density at radius 1 is 1.38 bits per heavy atom. The minimum atomic E-state index is -0.265. The van der Waals surface area contributed by atoms with Gasteiger partial charge >= 0.3 is 6.03 Å². The number of urea groups is 1. The van der Waals surface area contributed by atoms with Crippen LogP contribution in [-0.4, -0.2) is 45.6 Å². The predicted octanol–water partition coefficient (Wildman–Crippen LogP) is 2.53. The highest BCUT2D eigenvalue weighted by atomic mass is 19.1. The molecule has 2 aromatic rings. The summed E-state index contributed by atoms with van der Waals surface area (Å²) >= 11 is 0. The molecule has 1 saturated heterocycles. The topological polar surface area (TPSA) is 63.1 Å². The Morgan fingerprint density at radius 2 is 2.17 bits per heavy atom. The molecule has 1 unspecified atom stereocenters. The fraction of sp³-hybridized carbons (Fsp3) is 0.471. The summed E-state index contributed by atoms with van der Waals surface area (Å²) in [6, 6.07) is 6.23. The van der Waals surface area contributed by atoms with Crippen molar-refractivity contribution in [1.82, 2.24) is 25.2 Å². The van der Waals surface area contributed by atoms with E-state index in [2.05, 4.69) is 15.6 Å². The van der Waals surface area contributed by atoms with Crippen molar-refractivity contribution in [2.24, 2.45) is 5.92 Å². The molecular weight excluding hydrogens is 309 g/mol. The van der Waals surface area contributed by atoms with E-state index in [-0.39, 0.29) is 11.8 Å². The summed E-state index contributed by atoms with van der Waals surface area (Å²) < 4.78 is 14.8. The molecule has 0 saturated carbocycles. The van der Waals surface area contributed by atoms with Crippen LogP contribution in [0, 0.1) is 11.7 Å². The number of aromatic nitrogens is 3. The minimum absolute atomic E-state index is 0.00721. The molecule has 1 aliphatic heterocycles. The SMILES string of the molecule is CCNC(=O)N1CCCC(Cn2cc(-c3ccc(F)cc3)nn2)C1. The molecule has 0 aliphatic carbocycles. The average molecular weight is 331 g/mol. The Balaban J connectivity index is 1.62. The van der Waals surface area contributed by atoms with Gasteiger partial charge < -0.3 is 10.2 Å². The van der Waals surface area contributed by atoms with E-state index in [0.717, 1.165) is 43.7 Å². The van der Waals surface area contributed by atoms with Gasteiger partial charge in [-0.15, -0.1) is 5.10 Å². The van der Waals surface area contributed by atoms with Gasteiger partial charge in [0.2, 0.25) is 0 Å². The number of hydrogen-bond donors (Lipinski definition) is 1. The van der Waals surface area contributed by atoms with Gasteiger partial charge in [0.15, 0.2) is 0 Å². The lowest BCUT2D eigenvalue weighted by Crippen LogP contribution is -2.46. The van der Waals surface area contributed by atoms with Crippen LogP contribution in [-0.2, 0) is 6.54 Å². The second kappa shape index (κ2) is 7.42. The number of benzene rings is 1. The van der Waals surface area contributed by atoms with Crippen LogP contribution < -0.4 is 5.32 Å². The van der Waals surface area contributed by atoms with Crippen LogP contribution in [0.2, 0.25) is 0 Å². The molecule has 1 aromatic carbocycles. The van der Waals surface area contributed by atoms with E-state index in [0.29, 0.717) is 12.5 Å². The second-order valence-electron chi connectivity index (χ2n) is 6.12. The first-order valence-electron chi connectivity index (χ1n) is 8.34. The number of rotatable bonds is 4. The normalized spacial score (nSPS) is 17.8. The van der Waals surface area contributed by atoms with Crippen molar-refractivity contribution in [3.05, 3.63) is 36.3 Å². The van der Waals surface area contributed by atoms with Crippen molar-refractivity contribution >= 4 is 6.03 Å². The van der Waals surface area contributed by atoms with Gasteiger partial charge in [-0.25, -0.2) is 9.18 Å². The second-order valence-corrected chi connectivity index (χ2v) is 6.12. The highest BCUT2D eigenvalue weighted by molar-refractivity contribution is 5.74. The molecule has 3 rings (SSSR count). The number of amides is 2. The maximum atomic E-state index is 13.0. The third-order valence-corrected chi connectivity index (χ3v) is 4.26. The molecule has 0 radical (unpaired) electrons. The maximum absolute atomic E-state index is 13.0. The smallest absolute Gasteiger partial charge is 0.317 e. The number of halogens is 1. The monoisotopic (exact) mass is 331 g/mol. The van der Waals surface area contributed by atoms with Crippen molar-refractivity contribution in [2.45, 2.75) is 26.3 Å². The molecule has 1 aromatic heterocycles. The summed E-state index contributed by atoms with van der Waals surface area (Å²) in [5, 5.41) is 11.2. The first-order chi connectivity index (χ1) is 11.7. The van der Waals surface area contributed by atoms with Crippen LogP contribution in [0.4, 0.5) is 9.18 Å². The molecule has 1 N–H and O–H groups in total. The molecular formula is C17H22FN5O. The van der Waals surface area contributed by atoms with Crippen LogP contribution in [0.3, 0.4) is 0 Å². The number of nitrogens with zero attached hydrogens (tertiary/aromatic N) is 4. The number of piperidine rings is 1. The Kier molecular flexibility index (Phi) is 5.08. The van der Waals surface area contributed by atoms with Gasteiger partial charge in [-0.2, -0.15) is 0 Å². The molecule has 0 bridgehead atoms. The third kappa shape index (κ3) is 3.90. The van der Waals surface area contributed by atoms with Crippen LogP contribution in [0.1, 0.15) is 19.8 Å². The molecule has 2 amide bonds. The molecule has 1 aliphatic rings. The van der Waals surface area contributed by atoms with Crippen LogP contribution >= 0.6 is 0 Å². The molecule has 0 spiro atoms. The fourth-order valence-electron chi connectivity index (χ4n) is 3.07. The Hall–Kier alpha value is -2.44. The van der Waals surface area contributed by atoms with Gasteiger partial charge in [0.1, 0.15) is 11.5 Å². The highest BCUT2D eigenvalue weighted by Gasteiger charge is 2.24. The number of nitrogens with one attached hydrogen (secondary N) is 1. The van der Waals surface area contributed by atoms with E-state index in [4.69, 9.17) is 0 Å². The number of carbonyl (C=O) groups is 1. The summed E-state index contributed by atoms with van der Waals surface area (Å²) in [7, 11) is 0. The van der Waals surface area contributed by atoms with E-state index >= 15 is 0 Å². The molecule has 2 heterocycles. The highest BCUT2D eigenvalue weighted by Crippen LogP contribution is 2.20. The zero-order valence-electron chi connectivity index (χ0n) is 13.8. The fourth-order valence-corrected chi connectivity index (χ4v) is 3.07. The van der Waals surface area contributed by atoms with Crippen molar-refractivity contribution < 1.29 is 9.18 Å². The van der Waals surface area contributed by atoms with Gasteiger partial charge in [0.25, 0.3) is 0 Å². The largest absolute Gasteiger partial charge is 0.338 e. The van der Waals surface area contributed by atoms with Crippen LogP contribution in [0.5, 0.6) is 0 Å². The van der Waals surface area contributed by atoms with E-state index in [1.54, 1.807) is 12.1 Å². The third-order valence-electron chi connectivity index (χ3n) is 4.26. The van der Waals surface area contributed by atoms with Crippen molar-refractivity contribution in [3.8, 4) is 11.3 Å². The zero-order valence-corrected chi connectivity index (χ0v) is 13.8. The molecule has 24 heavy (non-hydrogen) atoms. The number of likely N-dealkylation sites (tertiary alicyclic amines) is 1. The Labute approximate surface area is 140 Å². The summed E-state index contributed by atoms with van der Waals surface area (Å²) in [4.78, 5) is 13.8. The minimum Gasteiger partial charge on any atom is -0.338 e. The lowest BCUT2D eigenvalue weighted by atomic mass is 9.98. The molecule has 7 heteroatoms. The van der Waals surface area contributed by atoms with E-state index in [9.17, 15) is 9.18 Å². The number of carbonyl (C=O) groups excluding carboxylic acids is 1. The predicted molar refractivity (Wildman–Crippen MR) is 88.8 cm³/mol. The van der Waals surface area contributed by atoms with E-state index in [1.807, 2.05) is 22.7 Å². The first-order valence-corrected chi connectivity index (χ1v) is 8.34. The zero-order chi connectivity index (χ0) is 16.9. The summed E-state index contributed by atoms with van der Waals surface area (Å²) in [6.45, 7) is 4.83. The van der Waals surface area contributed by atoms with Crippen LogP contribution in [0.25, 0.3) is 11.3 Å². The van der Waals surface area contributed by atoms with Crippen molar-refractivity contribution in [2.75, 3.05) is 19.6 Å². The van der Waals surface area contributed by atoms with E-state index < -0.39 is 0 Å². The lowest BCUT2D eigenvalue weighted by Gasteiger charge is -2.32. The standard InChI is InChI=1S/C17H22FN5O/c1-2-19-17(24)22-9-3-4-13(10-22)11-23-12-16(20-21-23)14-5-7-15(18)8-6-14/h5-8,12-13H,2-4,9-11H2,1H3,(H,19,24). The van der Waals surface area contributed by atoms with E-state index in [1.165, 1.54) is 12.1 Å². The lowest BCUT2D eigenvalue weighted by molar-refractivity contribution is 0.158. The Bertz CT molecular complexity index is 685. The van der Waals surface area contributed by atoms with Gasteiger partial charge in [0, 0.05) is 31.7 Å². The van der Waals surface area contributed by atoms with Crippen LogP contribution in [0.15, 0.2) is 30.5 Å². The molecule has 1 fully saturated rings. The van der Waals surface area contributed by atoms with Gasteiger partial charge in [-0.1, -0.05) is 5.21 Å². The Morgan fingerprint density at radius 3 is 2.92 bits per heavy atom. The maximum Gasteiger partial charge on any atom is 0.317 e. The van der Waals surface area contributed by atoms with Crippen molar-refractivity contribution in [3.63, 3.8) is 0 Å². The van der Waals surface area contributed by atoms with Gasteiger partial charge in [-0.3, -0.25) is 4.68 Å². The quantitative estimate of drug-likeness (QED) is 0.936. The molecule has 6 nitrogen and oxygen atoms in total. The average Bonchev–Trinajstić information content (AvgIpc) is 3.04. The van der Waals surface area contributed by atoms with Gasteiger partial charge in [-0.05, 0) is 49.9 Å². The summed E-state index contributed by atoms with van der Waals surface area (Å²) in [5.74, 6) is 0.0999. The summed E-state index contributed by atoms with van der Waals surface area (Å²) in [5.41, 5.74) is 1.57. The molecule has 128 valence electrons. The van der Waals surface area contributed by atoms with Gasteiger partial charge in [0.05, 0.1) is 6.20 Å². The first kappa shape index (κ1) is 16.4. The molecule has 1 atom stereocenters.